The van der Waals surface area contributed by atoms with Crippen LogP contribution in [0, 0.1) is 12.8 Å². The second-order valence-corrected chi connectivity index (χ2v) is 7.78. The largest absolute Gasteiger partial charge is 0.481 e. The lowest BCUT2D eigenvalue weighted by Crippen LogP contribution is -2.39. The van der Waals surface area contributed by atoms with Crippen molar-refractivity contribution >= 4 is 21.9 Å². The highest BCUT2D eigenvalue weighted by Crippen LogP contribution is 2.16. The highest BCUT2D eigenvalue weighted by molar-refractivity contribution is 7.90. The van der Waals surface area contributed by atoms with Crippen LogP contribution in [-0.4, -0.2) is 35.4 Å². The molecule has 0 radical (unpaired) electrons. The van der Waals surface area contributed by atoms with Gasteiger partial charge in [0.05, 0.1) is 16.4 Å². The van der Waals surface area contributed by atoms with Gasteiger partial charge >= 0.3 is 5.97 Å². The topological polar surface area (TPSA) is 105 Å². The molecular weight excluding hydrogens is 344 g/mol. The number of amides is 1. The van der Waals surface area contributed by atoms with Crippen molar-refractivity contribution in [2.24, 2.45) is 5.92 Å². The van der Waals surface area contributed by atoms with Crippen LogP contribution in [0.2, 0.25) is 0 Å². The number of aryl methyl sites for hydroxylation is 1. The molecule has 0 saturated carbocycles. The standard InChI is InChI=1S/C17H20N2O5S/c1-11-4-6-15(7-5-11)25(23,24)19-9-8-14(10-19)16(20)18-13(3)12(2)17(21)22/h4-10,12-13H,1-3H3,(H,18,20)(H,21,22). The first-order valence-corrected chi connectivity index (χ1v) is 9.11. The number of carboxylic acid groups (broad SMARTS) is 1. The maximum absolute atomic E-state index is 12.6. The lowest BCUT2D eigenvalue weighted by molar-refractivity contribution is -0.141. The fourth-order valence-corrected chi connectivity index (χ4v) is 3.32. The van der Waals surface area contributed by atoms with Crippen molar-refractivity contribution in [3.63, 3.8) is 0 Å². The van der Waals surface area contributed by atoms with E-state index in [1.807, 2.05) is 6.92 Å². The molecule has 0 saturated heterocycles. The molecule has 2 N–H and O–H groups in total. The molecule has 1 heterocycles. The van der Waals surface area contributed by atoms with Crippen molar-refractivity contribution in [1.29, 1.82) is 0 Å². The van der Waals surface area contributed by atoms with E-state index in [2.05, 4.69) is 5.32 Å². The molecule has 7 nitrogen and oxygen atoms in total. The summed E-state index contributed by atoms with van der Waals surface area (Å²) in [5.74, 6) is -2.31. The summed E-state index contributed by atoms with van der Waals surface area (Å²) < 4.78 is 26.1. The smallest absolute Gasteiger partial charge is 0.308 e. The fraction of sp³-hybridized carbons (Fsp3) is 0.294. The highest BCUT2D eigenvalue weighted by atomic mass is 32.2. The minimum Gasteiger partial charge on any atom is -0.481 e. The molecule has 1 amide bonds. The first kappa shape index (κ1) is 18.7. The zero-order chi connectivity index (χ0) is 18.8. The summed E-state index contributed by atoms with van der Waals surface area (Å²) in [4.78, 5) is 23.3. The molecule has 134 valence electrons. The van der Waals surface area contributed by atoms with Crippen LogP contribution in [0.1, 0.15) is 29.8 Å². The van der Waals surface area contributed by atoms with Gasteiger partial charge in [-0.05, 0) is 39.0 Å². The van der Waals surface area contributed by atoms with E-state index in [0.717, 1.165) is 9.54 Å². The minimum absolute atomic E-state index is 0.119. The number of aliphatic carboxylic acids is 1. The van der Waals surface area contributed by atoms with Gasteiger partial charge in [-0.3, -0.25) is 9.59 Å². The average molecular weight is 364 g/mol. The number of aromatic nitrogens is 1. The Bertz CT molecular complexity index is 884. The third-order valence-electron chi connectivity index (χ3n) is 4.02. The fourth-order valence-electron chi connectivity index (χ4n) is 2.12. The van der Waals surface area contributed by atoms with Crippen LogP contribution in [0.3, 0.4) is 0 Å². The molecule has 8 heteroatoms. The van der Waals surface area contributed by atoms with E-state index in [9.17, 15) is 18.0 Å². The third kappa shape index (κ3) is 4.08. The number of benzene rings is 1. The van der Waals surface area contributed by atoms with E-state index in [-0.39, 0.29) is 10.5 Å². The second-order valence-electron chi connectivity index (χ2n) is 5.94. The Morgan fingerprint density at radius 1 is 1.12 bits per heavy atom. The quantitative estimate of drug-likeness (QED) is 0.814. The van der Waals surface area contributed by atoms with Crippen molar-refractivity contribution in [3.8, 4) is 0 Å². The summed E-state index contributed by atoms with van der Waals surface area (Å²) >= 11 is 0. The van der Waals surface area contributed by atoms with Gasteiger partial charge < -0.3 is 10.4 Å². The third-order valence-corrected chi connectivity index (χ3v) is 5.67. The average Bonchev–Trinajstić information content (AvgIpc) is 3.05. The number of hydrogen-bond acceptors (Lipinski definition) is 4. The number of nitrogens with one attached hydrogen (secondary N) is 1. The van der Waals surface area contributed by atoms with Crippen LogP contribution in [0.5, 0.6) is 0 Å². The molecule has 0 fully saturated rings. The maximum atomic E-state index is 12.6. The normalized spacial score (nSPS) is 13.9. The van der Waals surface area contributed by atoms with Crippen molar-refractivity contribution in [2.45, 2.75) is 31.7 Å². The van der Waals surface area contributed by atoms with Gasteiger partial charge in [0, 0.05) is 18.4 Å². The minimum atomic E-state index is -3.78. The molecule has 0 aliphatic carbocycles. The van der Waals surface area contributed by atoms with Crippen molar-refractivity contribution < 1.29 is 23.1 Å². The number of carboxylic acids is 1. The van der Waals surface area contributed by atoms with E-state index in [0.29, 0.717) is 0 Å². The lowest BCUT2D eigenvalue weighted by atomic mass is 10.0. The number of carbonyl (C=O) groups is 2. The Morgan fingerprint density at radius 3 is 2.28 bits per heavy atom. The molecule has 2 aromatic rings. The molecule has 0 aliphatic heterocycles. The van der Waals surface area contributed by atoms with Gasteiger partial charge in [-0.2, -0.15) is 0 Å². The van der Waals surface area contributed by atoms with Crippen molar-refractivity contribution in [2.75, 3.05) is 0 Å². The molecule has 0 aliphatic rings. The number of rotatable bonds is 6. The Kier molecular flexibility index (Phi) is 5.32. The molecule has 2 unspecified atom stereocenters. The zero-order valence-electron chi connectivity index (χ0n) is 14.1. The first-order chi connectivity index (χ1) is 11.6. The van der Waals surface area contributed by atoms with E-state index in [1.165, 1.54) is 37.5 Å². The van der Waals surface area contributed by atoms with Crippen LogP contribution in [-0.2, 0) is 14.8 Å². The molecular formula is C17H20N2O5S. The maximum Gasteiger partial charge on any atom is 0.308 e. The van der Waals surface area contributed by atoms with E-state index >= 15 is 0 Å². The van der Waals surface area contributed by atoms with Gasteiger partial charge in [-0.15, -0.1) is 0 Å². The van der Waals surface area contributed by atoms with Crippen LogP contribution >= 0.6 is 0 Å². The number of hydrogen-bond donors (Lipinski definition) is 2. The summed E-state index contributed by atoms with van der Waals surface area (Å²) in [6.07, 6.45) is 2.50. The van der Waals surface area contributed by atoms with Crippen molar-refractivity contribution in [3.05, 3.63) is 53.9 Å². The van der Waals surface area contributed by atoms with Gasteiger partial charge in [-0.1, -0.05) is 17.7 Å². The van der Waals surface area contributed by atoms with Crippen LogP contribution in [0.15, 0.2) is 47.6 Å². The Balaban J connectivity index is 2.20. The summed E-state index contributed by atoms with van der Waals surface area (Å²) in [6.45, 7) is 4.92. The monoisotopic (exact) mass is 364 g/mol. The van der Waals surface area contributed by atoms with Gasteiger partial charge in [0.15, 0.2) is 0 Å². The van der Waals surface area contributed by atoms with Gasteiger partial charge in [0.2, 0.25) is 0 Å². The van der Waals surface area contributed by atoms with Crippen molar-refractivity contribution in [1.82, 2.24) is 9.29 Å². The molecule has 1 aromatic carbocycles. The molecule has 2 rings (SSSR count). The van der Waals surface area contributed by atoms with Crippen LogP contribution in [0.25, 0.3) is 0 Å². The molecule has 0 spiro atoms. The van der Waals surface area contributed by atoms with E-state index in [4.69, 9.17) is 5.11 Å². The molecule has 1 aromatic heterocycles. The predicted octanol–water partition coefficient (Wildman–Crippen LogP) is 1.87. The lowest BCUT2D eigenvalue weighted by Gasteiger charge is -2.17. The summed E-state index contributed by atoms with van der Waals surface area (Å²) in [6, 6.07) is 7.17. The summed E-state index contributed by atoms with van der Waals surface area (Å²) in [5.41, 5.74) is 1.08. The summed E-state index contributed by atoms with van der Waals surface area (Å²) in [7, 11) is -3.78. The number of nitrogens with zero attached hydrogens (tertiary/aromatic N) is 1. The van der Waals surface area contributed by atoms with Gasteiger partial charge in [0.25, 0.3) is 15.9 Å². The predicted molar refractivity (Wildman–Crippen MR) is 91.9 cm³/mol. The van der Waals surface area contributed by atoms with Gasteiger partial charge in [0.1, 0.15) is 0 Å². The van der Waals surface area contributed by atoms with Crippen LogP contribution in [0.4, 0.5) is 0 Å². The zero-order valence-corrected chi connectivity index (χ0v) is 14.9. The van der Waals surface area contributed by atoms with Crippen LogP contribution < -0.4 is 5.32 Å². The Labute approximate surface area is 146 Å². The van der Waals surface area contributed by atoms with E-state index < -0.39 is 33.9 Å². The molecule has 2 atom stereocenters. The van der Waals surface area contributed by atoms with Gasteiger partial charge in [-0.25, -0.2) is 12.4 Å². The first-order valence-electron chi connectivity index (χ1n) is 7.67. The molecule has 0 bridgehead atoms. The Hall–Kier alpha value is -2.61. The SMILES string of the molecule is Cc1ccc(S(=O)(=O)n2ccc(C(=O)NC(C)C(C)C(=O)O)c2)cc1. The Morgan fingerprint density at radius 2 is 1.72 bits per heavy atom. The molecule has 25 heavy (non-hydrogen) atoms. The van der Waals surface area contributed by atoms with E-state index in [1.54, 1.807) is 19.1 Å². The second kappa shape index (κ2) is 7.10. The highest BCUT2D eigenvalue weighted by Gasteiger charge is 2.23. The summed E-state index contributed by atoms with van der Waals surface area (Å²) in [5, 5.41) is 11.5. The number of carbonyl (C=O) groups excluding carboxylic acids is 1.